The predicted octanol–water partition coefficient (Wildman–Crippen LogP) is 3.72. The highest BCUT2D eigenvalue weighted by molar-refractivity contribution is 7.89. The zero-order valence-electron chi connectivity index (χ0n) is 14.6. The lowest BCUT2D eigenvalue weighted by molar-refractivity contribution is 0.204. The topological polar surface area (TPSA) is 60.9 Å². The Labute approximate surface area is 169 Å². The second-order valence-electron chi connectivity index (χ2n) is 6.25. The highest BCUT2D eigenvalue weighted by atomic mass is 35.5. The van der Waals surface area contributed by atoms with Crippen LogP contribution in [-0.2, 0) is 10.0 Å². The molecule has 8 heteroatoms. The van der Waals surface area contributed by atoms with Gasteiger partial charge in [-0.2, -0.15) is 4.31 Å². The average molecular weight is 427 g/mol. The molecule has 2 aromatic rings. The van der Waals surface area contributed by atoms with Crippen molar-refractivity contribution in [2.24, 2.45) is 0 Å². The minimum atomic E-state index is -3.85. The molecule has 27 heavy (non-hydrogen) atoms. The summed E-state index contributed by atoms with van der Waals surface area (Å²) >= 11 is 11.8. The van der Waals surface area contributed by atoms with E-state index in [9.17, 15) is 13.5 Å². The fourth-order valence-corrected chi connectivity index (χ4v) is 5.10. The molecule has 1 N–H and O–H groups in total. The summed E-state index contributed by atoms with van der Waals surface area (Å²) in [7, 11) is -3.85. The first-order valence-corrected chi connectivity index (χ1v) is 10.7. The predicted molar refractivity (Wildman–Crippen MR) is 109 cm³/mol. The molecule has 3 rings (SSSR count). The molecule has 0 amide bonds. The highest BCUT2D eigenvalue weighted by Crippen LogP contribution is 2.35. The first kappa shape index (κ1) is 20.2. The molecule has 1 saturated heterocycles. The van der Waals surface area contributed by atoms with Gasteiger partial charge in [0, 0.05) is 37.7 Å². The van der Waals surface area contributed by atoms with Crippen LogP contribution in [0.15, 0.2) is 53.4 Å². The van der Waals surface area contributed by atoms with E-state index >= 15 is 0 Å². The Bertz CT molecular complexity index is 925. The van der Waals surface area contributed by atoms with Gasteiger partial charge in [-0.15, -0.1) is 0 Å². The molecule has 0 unspecified atom stereocenters. The van der Waals surface area contributed by atoms with Crippen molar-refractivity contribution in [2.45, 2.75) is 4.90 Å². The molecule has 144 valence electrons. The molecule has 1 fully saturated rings. The molecule has 0 spiro atoms. The number of hydrogen-bond donors (Lipinski definition) is 1. The summed E-state index contributed by atoms with van der Waals surface area (Å²) in [6.45, 7) is 2.63. The first-order valence-electron chi connectivity index (χ1n) is 8.50. The van der Waals surface area contributed by atoms with Crippen molar-refractivity contribution >= 4 is 39.3 Å². The molecule has 2 aromatic carbocycles. The summed E-state index contributed by atoms with van der Waals surface area (Å²) < 4.78 is 27.0. The van der Waals surface area contributed by atoms with Crippen LogP contribution in [0.5, 0.6) is 5.75 Å². The standard InChI is InChI=1S/C19H20Cl2N2O3S/c20-16-13-17(21)19(24)18(14-16)27(25,26)23-11-9-22(10-12-23)8-4-7-15-5-2-1-3-6-15/h1-7,13-14,24H,8-12H2/b7-4-. The maximum atomic E-state index is 12.8. The number of phenolic OH excluding ortho intramolecular Hbond substituents is 1. The minimum absolute atomic E-state index is 0.0780. The van der Waals surface area contributed by atoms with E-state index in [2.05, 4.69) is 17.1 Å². The Morgan fingerprint density at radius 2 is 1.70 bits per heavy atom. The summed E-state index contributed by atoms with van der Waals surface area (Å²) in [6.07, 6.45) is 4.12. The summed E-state index contributed by atoms with van der Waals surface area (Å²) in [4.78, 5) is 1.92. The van der Waals surface area contributed by atoms with Crippen LogP contribution in [0.1, 0.15) is 5.56 Å². The van der Waals surface area contributed by atoms with E-state index in [-0.39, 0.29) is 14.9 Å². The van der Waals surface area contributed by atoms with Gasteiger partial charge in [0.1, 0.15) is 4.90 Å². The molecule has 5 nitrogen and oxygen atoms in total. The minimum Gasteiger partial charge on any atom is -0.505 e. The van der Waals surface area contributed by atoms with Crippen LogP contribution in [0.4, 0.5) is 0 Å². The largest absolute Gasteiger partial charge is 0.505 e. The van der Waals surface area contributed by atoms with Crippen molar-refractivity contribution in [1.29, 1.82) is 0 Å². The van der Waals surface area contributed by atoms with Crippen molar-refractivity contribution < 1.29 is 13.5 Å². The molecule has 0 atom stereocenters. The number of sulfonamides is 1. The van der Waals surface area contributed by atoms with E-state index in [0.717, 1.165) is 12.1 Å². The number of hydrogen-bond acceptors (Lipinski definition) is 4. The lowest BCUT2D eigenvalue weighted by Gasteiger charge is -2.33. The Kier molecular flexibility index (Phi) is 6.44. The van der Waals surface area contributed by atoms with Crippen molar-refractivity contribution in [1.82, 2.24) is 9.21 Å². The second kappa shape index (κ2) is 8.63. The maximum absolute atomic E-state index is 12.8. The molecule has 0 radical (unpaired) electrons. The maximum Gasteiger partial charge on any atom is 0.246 e. The Balaban J connectivity index is 1.62. The number of piperazine rings is 1. The average Bonchev–Trinajstić information content (AvgIpc) is 2.66. The van der Waals surface area contributed by atoms with E-state index in [0.29, 0.717) is 26.2 Å². The van der Waals surface area contributed by atoms with Gasteiger partial charge < -0.3 is 5.11 Å². The number of halogens is 2. The van der Waals surface area contributed by atoms with Gasteiger partial charge in [-0.05, 0) is 17.7 Å². The summed E-state index contributed by atoms with van der Waals surface area (Å²) in [5.41, 5.74) is 1.13. The van der Waals surface area contributed by atoms with Crippen molar-refractivity contribution in [2.75, 3.05) is 32.7 Å². The molecule has 0 bridgehead atoms. The number of phenols is 1. The fraction of sp³-hybridized carbons (Fsp3) is 0.263. The molecule has 0 aliphatic carbocycles. The SMILES string of the molecule is O=S(=O)(c1cc(Cl)cc(Cl)c1O)N1CCN(C/C=C\c2ccccc2)CC1. The Morgan fingerprint density at radius 1 is 1.04 bits per heavy atom. The molecular formula is C19H20Cl2N2O3S. The lowest BCUT2D eigenvalue weighted by Crippen LogP contribution is -2.48. The zero-order chi connectivity index (χ0) is 19.4. The van der Waals surface area contributed by atoms with Gasteiger partial charge in [0.05, 0.1) is 5.02 Å². The van der Waals surface area contributed by atoms with Gasteiger partial charge in [0.15, 0.2) is 5.75 Å². The molecule has 1 heterocycles. The van der Waals surface area contributed by atoms with Crippen molar-refractivity contribution in [3.8, 4) is 5.75 Å². The summed E-state index contributed by atoms with van der Waals surface area (Å²) in [6, 6.07) is 12.6. The third-order valence-corrected chi connectivity index (χ3v) is 6.83. The number of aromatic hydroxyl groups is 1. The molecule has 0 saturated carbocycles. The smallest absolute Gasteiger partial charge is 0.246 e. The molecule has 0 aromatic heterocycles. The third-order valence-electron chi connectivity index (χ3n) is 4.42. The van der Waals surface area contributed by atoms with Crippen LogP contribution in [0.25, 0.3) is 6.08 Å². The van der Waals surface area contributed by atoms with Crippen molar-refractivity contribution in [3.63, 3.8) is 0 Å². The number of nitrogens with zero attached hydrogens (tertiary/aromatic N) is 2. The van der Waals surface area contributed by atoms with Gasteiger partial charge in [0.2, 0.25) is 10.0 Å². The van der Waals surface area contributed by atoms with Crippen LogP contribution < -0.4 is 0 Å². The van der Waals surface area contributed by atoms with Crippen LogP contribution in [0.2, 0.25) is 10.0 Å². The third kappa shape index (κ3) is 4.83. The zero-order valence-corrected chi connectivity index (χ0v) is 16.9. The molecular weight excluding hydrogens is 407 g/mol. The van der Waals surface area contributed by atoms with E-state index in [4.69, 9.17) is 23.2 Å². The van der Waals surface area contributed by atoms with Crippen LogP contribution in [-0.4, -0.2) is 55.5 Å². The van der Waals surface area contributed by atoms with Gasteiger partial charge in [0.25, 0.3) is 0 Å². The van der Waals surface area contributed by atoms with E-state index in [1.165, 1.54) is 16.4 Å². The van der Waals surface area contributed by atoms with Crippen molar-refractivity contribution in [3.05, 3.63) is 64.1 Å². The van der Waals surface area contributed by atoms with E-state index in [1.807, 2.05) is 30.3 Å². The Hall–Kier alpha value is -1.57. The second-order valence-corrected chi connectivity index (χ2v) is 9.00. The molecule has 1 aliphatic rings. The first-order chi connectivity index (χ1) is 12.9. The van der Waals surface area contributed by atoms with Gasteiger partial charge in [-0.1, -0.05) is 65.7 Å². The van der Waals surface area contributed by atoms with Crippen LogP contribution in [0, 0.1) is 0 Å². The number of rotatable bonds is 5. The van der Waals surface area contributed by atoms with Gasteiger partial charge >= 0.3 is 0 Å². The lowest BCUT2D eigenvalue weighted by atomic mass is 10.2. The van der Waals surface area contributed by atoms with Crippen LogP contribution in [0.3, 0.4) is 0 Å². The van der Waals surface area contributed by atoms with Crippen LogP contribution >= 0.6 is 23.2 Å². The quantitative estimate of drug-likeness (QED) is 0.790. The highest BCUT2D eigenvalue weighted by Gasteiger charge is 2.31. The fourth-order valence-electron chi connectivity index (χ4n) is 2.93. The Morgan fingerprint density at radius 3 is 2.37 bits per heavy atom. The monoisotopic (exact) mass is 426 g/mol. The summed E-state index contributed by atoms with van der Waals surface area (Å²) in [5, 5.41) is 10.1. The normalized spacial score (nSPS) is 16.8. The van der Waals surface area contributed by atoms with E-state index < -0.39 is 15.8 Å². The van der Waals surface area contributed by atoms with E-state index in [1.54, 1.807) is 0 Å². The van der Waals surface area contributed by atoms with Gasteiger partial charge in [-0.3, -0.25) is 4.90 Å². The summed E-state index contributed by atoms with van der Waals surface area (Å²) in [5.74, 6) is -0.464. The number of benzene rings is 2. The molecule has 1 aliphatic heterocycles. The van der Waals surface area contributed by atoms with Gasteiger partial charge in [-0.25, -0.2) is 8.42 Å².